The Balaban J connectivity index is -0.000000821. The van der Waals surface area contributed by atoms with E-state index in [-0.39, 0.29) is 5.97 Å². The van der Waals surface area contributed by atoms with Crippen LogP contribution in [0.25, 0.3) is 0 Å². The summed E-state index contributed by atoms with van der Waals surface area (Å²) < 4.78 is 5.18. The summed E-state index contributed by atoms with van der Waals surface area (Å²) in [6.07, 6.45) is 46.4. The molecule has 0 aliphatic rings. The van der Waals surface area contributed by atoms with Crippen LogP contribution in [0.1, 0.15) is 260 Å². The lowest BCUT2D eigenvalue weighted by Crippen LogP contribution is -2.08. The zero-order valence-electron chi connectivity index (χ0n) is 35.7. The first-order valence-electron chi connectivity index (χ1n) is 22.7. The fraction of sp³-hybridized carbons (Fsp3) is 0.957. The maximum atomic E-state index is 11.0. The molecule has 0 aromatic heterocycles. The Hall–Kier alpha value is -1.10. The molecular weight excluding hydrogens is 633 g/mol. The predicted octanol–water partition coefficient (Wildman–Crippen LogP) is 15.2. The minimum absolute atomic E-state index is 0.134. The van der Waals surface area contributed by atoms with Crippen molar-refractivity contribution in [3.8, 4) is 0 Å². The van der Waals surface area contributed by atoms with Crippen molar-refractivity contribution < 1.29 is 24.5 Å². The van der Waals surface area contributed by atoms with Crippen LogP contribution in [0.4, 0.5) is 0 Å². The van der Waals surface area contributed by atoms with Gasteiger partial charge in [0.15, 0.2) is 0 Å². The van der Waals surface area contributed by atoms with Crippen molar-refractivity contribution in [1.82, 2.24) is 0 Å². The van der Waals surface area contributed by atoms with Gasteiger partial charge in [0.05, 0.1) is 6.61 Å². The number of hydrogen-bond acceptors (Lipinski definition) is 4. The second-order valence-electron chi connectivity index (χ2n) is 15.5. The molecule has 2 N–H and O–H groups in total. The highest BCUT2D eigenvalue weighted by molar-refractivity contribution is 5.65. The molecule has 51 heavy (non-hydrogen) atoms. The van der Waals surface area contributed by atoms with E-state index >= 15 is 0 Å². The largest absolute Gasteiger partial charge is 0.481 e. The molecule has 0 saturated carbocycles. The number of aliphatic hydroxyl groups excluding tert-OH is 1. The molecule has 0 aliphatic heterocycles. The summed E-state index contributed by atoms with van der Waals surface area (Å²) in [6.45, 7) is 12.7. The van der Waals surface area contributed by atoms with Crippen molar-refractivity contribution in [2.45, 2.75) is 260 Å². The monoisotopic (exact) mass is 727 g/mol. The molecule has 0 aromatic carbocycles. The SMILES string of the molecule is CC(=O)O.CCCCCCCCCCC(CCCCCCCC)CCOC(C)=O.CCCCCCCCCCC(CCO)CCCCCCCC. The first-order valence-corrected chi connectivity index (χ1v) is 22.7. The molecule has 0 rings (SSSR count). The first kappa shape index (κ1) is 54.2. The van der Waals surface area contributed by atoms with E-state index in [0.29, 0.717) is 13.2 Å². The molecule has 0 fully saturated rings. The fourth-order valence-electron chi connectivity index (χ4n) is 6.98. The number of carboxylic acids is 1. The van der Waals surface area contributed by atoms with Gasteiger partial charge < -0.3 is 14.9 Å². The number of carbonyl (C=O) groups is 2. The number of carboxylic acid groups (broad SMARTS) is 1. The number of esters is 1. The summed E-state index contributed by atoms with van der Waals surface area (Å²) in [5.74, 6) is 0.576. The van der Waals surface area contributed by atoms with E-state index in [0.717, 1.165) is 31.6 Å². The third kappa shape index (κ3) is 55.8. The lowest BCUT2D eigenvalue weighted by atomic mass is 9.91. The van der Waals surface area contributed by atoms with Gasteiger partial charge in [0.2, 0.25) is 0 Å². The van der Waals surface area contributed by atoms with Crippen LogP contribution < -0.4 is 0 Å². The van der Waals surface area contributed by atoms with E-state index in [4.69, 9.17) is 14.6 Å². The first-order chi connectivity index (χ1) is 24.8. The van der Waals surface area contributed by atoms with E-state index in [1.807, 2.05) is 0 Å². The average Bonchev–Trinajstić information content (AvgIpc) is 3.09. The van der Waals surface area contributed by atoms with Gasteiger partial charge in [0, 0.05) is 20.5 Å². The van der Waals surface area contributed by atoms with Crippen LogP contribution in [-0.2, 0) is 14.3 Å². The van der Waals surface area contributed by atoms with E-state index in [1.165, 1.54) is 212 Å². The molecule has 0 radical (unpaired) electrons. The van der Waals surface area contributed by atoms with Crippen molar-refractivity contribution in [3.05, 3.63) is 0 Å². The van der Waals surface area contributed by atoms with Gasteiger partial charge in [-0.2, -0.15) is 0 Å². The molecule has 0 saturated heterocycles. The lowest BCUT2D eigenvalue weighted by Gasteiger charge is -2.17. The van der Waals surface area contributed by atoms with E-state index < -0.39 is 5.97 Å². The molecule has 5 nitrogen and oxygen atoms in total. The fourth-order valence-corrected chi connectivity index (χ4v) is 6.98. The number of aliphatic hydroxyl groups is 1. The van der Waals surface area contributed by atoms with Crippen molar-refractivity contribution in [2.24, 2.45) is 11.8 Å². The second kappa shape index (κ2) is 48.9. The van der Waals surface area contributed by atoms with Gasteiger partial charge in [-0.05, 0) is 24.7 Å². The van der Waals surface area contributed by atoms with E-state index in [9.17, 15) is 9.90 Å². The van der Waals surface area contributed by atoms with Crippen molar-refractivity contribution in [1.29, 1.82) is 0 Å². The highest BCUT2D eigenvalue weighted by Gasteiger charge is 2.10. The topological polar surface area (TPSA) is 83.8 Å². The molecule has 2 unspecified atom stereocenters. The highest BCUT2D eigenvalue weighted by atomic mass is 16.5. The molecular formula is C46H94O5. The van der Waals surface area contributed by atoms with Crippen LogP contribution in [0.3, 0.4) is 0 Å². The number of hydrogen-bond donors (Lipinski definition) is 2. The third-order valence-electron chi connectivity index (χ3n) is 10.2. The lowest BCUT2D eigenvalue weighted by molar-refractivity contribution is -0.141. The summed E-state index contributed by atoms with van der Waals surface area (Å²) >= 11 is 0. The standard InChI is InChI=1S/C23H46O2.C21H44O.C2H4O2/c1-4-6-8-10-12-13-15-17-19-23(20-21-25-22(3)24)18-16-14-11-9-7-5-2;1-3-5-7-9-11-12-14-16-18-21(19-20-22)17-15-13-10-8-6-4-2;1-2(3)4/h23H,4-21H2,1-3H3;21-22H,3-20H2,1-2H3;1H3,(H,3,4). The van der Waals surface area contributed by atoms with Crippen molar-refractivity contribution in [2.75, 3.05) is 13.2 Å². The van der Waals surface area contributed by atoms with E-state index in [2.05, 4.69) is 27.7 Å². The summed E-state index contributed by atoms with van der Waals surface area (Å²) in [5, 5.41) is 16.6. The molecule has 2 atom stereocenters. The van der Waals surface area contributed by atoms with Crippen LogP contribution in [0, 0.1) is 11.8 Å². The Bertz CT molecular complexity index is 648. The smallest absolute Gasteiger partial charge is 0.302 e. The molecule has 308 valence electrons. The molecule has 0 heterocycles. The average molecular weight is 727 g/mol. The van der Waals surface area contributed by atoms with Gasteiger partial charge in [-0.25, -0.2) is 0 Å². The Kier molecular flexibility index (Phi) is 52.0. The Labute approximate surface area is 320 Å². The molecule has 0 bridgehead atoms. The maximum absolute atomic E-state index is 11.0. The number of carbonyl (C=O) groups excluding carboxylic acids is 1. The summed E-state index contributed by atoms with van der Waals surface area (Å²) in [6, 6.07) is 0. The highest BCUT2D eigenvalue weighted by Crippen LogP contribution is 2.23. The van der Waals surface area contributed by atoms with Gasteiger partial charge in [0.25, 0.3) is 5.97 Å². The number of ether oxygens (including phenoxy) is 1. The van der Waals surface area contributed by atoms with Crippen LogP contribution >= 0.6 is 0 Å². The predicted molar refractivity (Wildman–Crippen MR) is 224 cm³/mol. The number of aliphatic carboxylic acids is 1. The van der Waals surface area contributed by atoms with Gasteiger partial charge >= 0.3 is 5.97 Å². The second-order valence-corrected chi connectivity index (χ2v) is 15.5. The quantitative estimate of drug-likeness (QED) is 0.0492. The Morgan fingerprint density at radius 1 is 0.412 bits per heavy atom. The third-order valence-corrected chi connectivity index (χ3v) is 10.2. The van der Waals surface area contributed by atoms with Crippen LogP contribution in [0.5, 0.6) is 0 Å². The number of rotatable bonds is 37. The number of unbranched alkanes of at least 4 members (excludes halogenated alkanes) is 24. The van der Waals surface area contributed by atoms with Crippen molar-refractivity contribution in [3.63, 3.8) is 0 Å². The van der Waals surface area contributed by atoms with Crippen molar-refractivity contribution >= 4 is 11.9 Å². The minimum Gasteiger partial charge on any atom is -0.481 e. The molecule has 0 amide bonds. The van der Waals surface area contributed by atoms with Gasteiger partial charge in [-0.3, -0.25) is 9.59 Å². The molecule has 0 spiro atoms. The maximum Gasteiger partial charge on any atom is 0.302 e. The van der Waals surface area contributed by atoms with E-state index in [1.54, 1.807) is 0 Å². The van der Waals surface area contributed by atoms with Gasteiger partial charge in [-0.15, -0.1) is 0 Å². The molecule has 0 aromatic rings. The molecule has 0 aliphatic carbocycles. The normalized spacial score (nSPS) is 12.0. The van der Waals surface area contributed by atoms with Crippen LogP contribution in [0.2, 0.25) is 0 Å². The zero-order chi connectivity index (χ0) is 38.5. The molecule has 5 heteroatoms. The summed E-state index contributed by atoms with van der Waals surface area (Å²) in [7, 11) is 0. The zero-order valence-corrected chi connectivity index (χ0v) is 35.7. The minimum atomic E-state index is -0.833. The van der Waals surface area contributed by atoms with Gasteiger partial charge in [0.1, 0.15) is 0 Å². The van der Waals surface area contributed by atoms with Gasteiger partial charge in [-0.1, -0.05) is 233 Å². The van der Waals surface area contributed by atoms with Crippen LogP contribution in [-0.4, -0.2) is 35.4 Å². The summed E-state index contributed by atoms with van der Waals surface area (Å²) in [5.41, 5.74) is 0. The van der Waals surface area contributed by atoms with Crippen LogP contribution in [0.15, 0.2) is 0 Å². The summed E-state index contributed by atoms with van der Waals surface area (Å²) in [4.78, 5) is 20.0. The Morgan fingerprint density at radius 3 is 0.882 bits per heavy atom. The Morgan fingerprint density at radius 2 is 0.647 bits per heavy atom.